The fraction of sp³-hybridized carbons (Fsp3) is 0.350. The third kappa shape index (κ3) is 3.88. The van der Waals surface area contributed by atoms with Crippen molar-refractivity contribution in [3.05, 3.63) is 59.7 Å². The van der Waals surface area contributed by atoms with Crippen LogP contribution in [0.2, 0.25) is 0 Å². The van der Waals surface area contributed by atoms with Crippen LogP contribution in [-0.4, -0.2) is 18.2 Å². The first-order valence-electron chi connectivity index (χ1n) is 8.18. The van der Waals surface area contributed by atoms with Gasteiger partial charge in [-0.15, -0.1) is 0 Å². The van der Waals surface area contributed by atoms with Crippen molar-refractivity contribution >= 4 is 5.91 Å². The van der Waals surface area contributed by atoms with Gasteiger partial charge in [0, 0.05) is 17.9 Å². The van der Waals surface area contributed by atoms with E-state index in [0.29, 0.717) is 6.42 Å². The third-order valence-corrected chi connectivity index (χ3v) is 3.90. The SMILES string of the molecule is CC(C)(C)NC(=O)C[C@@H](c1ccccc1)c1ccc2c(c1)OCO2. The van der Waals surface area contributed by atoms with Crippen LogP contribution < -0.4 is 14.8 Å². The molecule has 24 heavy (non-hydrogen) atoms. The summed E-state index contributed by atoms with van der Waals surface area (Å²) in [5.74, 6) is 1.51. The normalized spacial score (nSPS) is 14.3. The molecule has 0 spiro atoms. The van der Waals surface area contributed by atoms with Gasteiger partial charge in [-0.2, -0.15) is 0 Å². The van der Waals surface area contributed by atoms with E-state index in [0.717, 1.165) is 22.6 Å². The average molecular weight is 325 g/mol. The Morgan fingerprint density at radius 3 is 2.46 bits per heavy atom. The lowest BCUT2D eigenvalue weighted by Crippen LogP contribution is -2.41. The van der Waals surface area contributed by atoms with Crippen molar-refractivity contribution < 1.29 is 14.3 Å². The molecule has 0 unspecified atom stereocenters. The molecule has 0 saturated heterocycles. The lowest BCUT2D eigenvalue weighted by Gasteiger charge is -2.24. The molecule has 1 N–H and O–H groups in total. The zero-order chi connectivity index (χ0) is 17.2. The minimum Gasteiger partial charge on any atom is -0.454 e. The monoisotopic (exact) mass is 325 g/mol. The van der Waals surface area contributed by atoms with Crippen LogP contribution in [0.25, 0.3) is 0 Å². The molecule has 0 radical (unpaired) electrons. The molecule has 2 aromatic carbocycles. The minimum absolute atomic E-state index is 0.0250. The number of hydrogen-bond donors (Lipinski definition) is 1. The summed E-state index contributed by atoms with van der Waals surface area (Å²) in [5, 5.41) is 3.05. The Labute approximate surface area is 142 Å². The van der Waals surface area contributed by atoms with Crippen molar-refractivity contribution in [3.63, 3.8) is 0 Å². The van der Waals surface area contributed by atoms with Gasteiger partial charge in [0.1, 0.15) is 0 Å². The first-order chi connectivity index (χ1) is 11.4. The Hall–Kier alpha value is -2.49. The standard InChI is InChI=1S/C20H23NO3/c1-20(2,3)21-19(22)12-16(14-7-5-4-6-8-14)15-9-10-17-18(11-15)24-13-23-17/h4-11,16H,12-13H2,1-3H3,(H,21,22)/t16-/m0/s1. The van der Waals surface area contributed by atoms with Gasteiger partial charge in [0.25, 0.3) is 0 Å². The molecule has 4 heteroatoms. The number of fused-ring (bicyclic) bond motifs is 1. The fourth-order valence-electron chi connectivity index (χ4n) is 2.90. The highest BCUT2D eigenvalue weighted by Crippen LogP contribution is 2.37. The van der Waals surface area contributed by atoms with Gasteiger partial charge in [-0.1, -0.05) is 36.4 Å². The summed E-state index contributed by atoms with van der Waals surface area (Å²) in [6.07, 6.45) is 0.390. The second-order valence-electron chi connectivity index (χ2n) is 7.08. The molecule has 0 saturated carbocycles. The maximum absolute atomic E-state index is 12.5. The molecule has 1 aliphatic rings. The van der Waals surface area contributed by atoms with Gasteiger partial charge < -0.3 is 14.8 Å². The topological polar surface area (TPSA) is 47.6 Å². The molecule has 4 nitrogen and oxygen atoms in total. The molecule has 0 bridgehead atoms. The largest absolute Gasteiger partial charge is 0.454 e. The Morgan fingerprint density at radius 2 is 1.75 bits per heavy atom. The van der Waals surface area contributed by atoms with Crippen LogP contribution in [-0.2, 0) is 4.79 Å². The number of carbonyl (C=O) groups excluding carboxylic acids is 1. The van der Waals surface area contributed by atoms with Crippen LogP contribution in [0, 0.1) is 0 Å². The summed E-state index contributed by atoms with van der Waals surface area (Å²) in [6.45, 7) is 6.22. The van der Waals surface area contributed by atoms with Gasteiger partial charge in [-0.05, 0) is 44.0 Å². The van der Waals surface area contributed by atoms with E-state index in [1.165, 1.54) is 0 Å². The van der Waals surface area contributed by atoms with Crippen LogP contribution in [0.4, 0.5) is 0 Å². The number of carbonyl (C=O) groups is 1. The zero-order valence-electron chi connectivity index (χ0n) is 14.3. The van der Waals surface area contributed by atoms with Crippen LogP contribution >= 0.6 is 0 Å². The van der Waals surface area contributed by atoms with Gasteiger partial charge in [-0.25, -0.2) is 0 Å². The summed E-state index contributed by atoms with van der Waals surface area (Å²) in [7, 11) is 0. The molecule has 1 atom stereocenters. The van der Waals surface area contributed by atoms with Crippen molar-refractivity contribution in [1.29, 1.82) is 0 Å². The van der Waals surface area contributed by atoms with Crippen LogP contribution in [0.5, 0.6) is 11.5 Å². The summed E-state index contributed by atoms with van der Waals surface area (Å²) in [4.78, 5) is 12.5. The van der Waals surface area contributed by atoms with E-state index in [1.54, 1.807) is 0 Å². The van der Waals surface area contributed by atoms with Crippen molar-refractivity contribution in [2.24, 2.45) is 0 Å². The molecular weight excluding hydrogens is 302 g/mol. The summed E-state index contributed by atoms with van der Waals surface area (Å²) < 4.78 is 10.9. The molecular formula is C20H23NO3. The zero-order valence-corrected chi connectivity index (χ0v) is 14.3. The lowest BCUT2D eigenvalue weighted by molar-refractivity contribution is -0.122. The minimum atomic E-state index is -0.243. The van der Waals surface area contributed by atoms with Crippen molar-refractivity contribution in [2.75, 3.05) is 6.79 Å². The summed E-state index contributed by atoms with van der Waals surface area (Å²) in [6, 6.07) is 16.0. The molecule has 1 aliphatic heterocycles. The van der Waals surface area contributed by atoms with Crippen molar-refractivity contribution in [2.45, 2.75) is 38.6 Å². The highest BCUT2D eigenvalue weighted by Gasteiger charge is 2.23. The Kier molecular flexibility index (Phi) is 4.47. The van der Waals surface area contributed by atoms with E-state index < -0.39 is 0 Å². The number of benzene rings is 2. The van der Waals surface area contributed by atoms with Crippen molar-refractivity contribution in [3.8, 4) is 11.5 Å². The summed E-state index contributed by atoms with van der Waals surface area (Å²) >= 11 is 0. The molecule has 0 fully saturated rings. The van der Waals surface area contributed by atoms with Gasteiger partial charge in [0.15, 0.2) is 11.5 Å². The number of nitrogens with one attached hydrogen (secondary N) is 1. The predicted molar refractivity (Wildman–Crippen MR) is 93.4 cm³/mol. The molecule has 0 aliphatic carbocycles. The first-order valence-corrected chi connectivity index (χ1v) is 8.18. The van der Waals surface area contributed by atoms with Crippen LogP contribution in [0.1, 0.15) is 44.2 Å². The Balaban J connectivity index is 1.89. The lowest BCUT2D eigenvalue weighted by atomic mass is 9.87. The molecule has 2 aromatic rings. The van der Waals surface area contributed by atoms with E-state index in [2.05, 4.69) is 17.4 Å². The average Bonchev–Trinajstić information content (AvgIpc) is 2.99. The number of amides is 1. The highest BCUT2D eigenvalue weighted by atomic mass is 16.7. The predicted octanol–water partition coefficient (Wildman–Crippen LogP) is 3.85. The van der Waals surface area contributed by atoms with Gasteiger partial charge >= 0.3 is 0 Å². The fourth-order valence-corrected chi connectivity index (χ4v) is 2.90. The number of rotatable bonds is 4. The maximum atomic E-state index is 12.5. The van der Waals surface area contributed by atoms with Gasteiger partial charge in [0.2, 0.25) is 12.7 Å². The number of hydrogen-bond acceptors (Lipinski definition) is 3. The Morgan fingerprint density at radius 1 is 1.04 bits per heavy atom. The molecule has 0 aromatic heterocycles. The van der Waals surface area contributed by atoms with E-state index >= 15 is 0 Å². The molecule has 1 heterocycles. The van der Waals surface area contributed by atoms with E-state index in [1.807, 2.05) is 57.2 Å². The van der Waals surface area contributed by atoms with Crippen molar-refractivity contribution in [1.82, 2.24) is 5.32 Å². The first kappa shape index (κ1) is 16.4. The molecule has 1 amide bonds. The number of ether oxygens (including phenoxy) is 2. The van der Waals surface area contributed by atoms with E-state index in [-0.39, 0.29) is 24.2 Å². The summed E-state index contributed by atoms with van der Waals surface area (Å²) in [5.41, 5.74) is 1.92. The van der Waals surface area contributed by atoms with E-state index in [4.69, 9.17) is 9.47 Å². The second-order valence-corrected chi connectivity index (χ2v) is 7.08. The quantitative estimate of drug-likeness (QED) is 0.929. The van der Waals surface area contributed by atoms with E-state index in [9.17, 15) is 4.79 Å². The van der Waals surface area contributed by atoms with Gasteiger partial charge in [0.05, 0.1) is 0 Å². The second kappa shape index (κ2) is 6.56. The molecule has 126 valence electrons. The maximum Gasteiger partial charge on any atom is 0.231 e. The van der Waals surface area contributed by atoms with Crippen LogP contribution in [0.15, 0.2) is 48.5 Å². The smallest absolute Gasteiger partial charge is 0.231 e. The van der Waals surface area contributed by atoms with Crippen LogP contribution in [0.3, 0.4) is 0 Å². The highest BCUT2D eigenvalue weighted by molar-refractivity contribution is 5.78. The van der Waals surface area contributed by atoms with Gasteiger partial charge in [-0.3, -0.25) is 4.79 Å². The molecule has 3 rings (SSSR count). The Bertz CT molecular complexity index is 719. The third-order valence-electron chi connectivity index (χ3n) is 3.90.